The van der Waals surface area contributed by atoms with Crippen molar-refractivity contribution in [3.05, 3.63) is 23.1 Å². The number of amides is 1. The molecule has 0 spiro atoms. The lowest BCUT2D eigenvalue weighted by Gasteiger charge is -2.36. The average Bonchev–Trinajstić information content (AvgIpc) is 2.83. The maximum absolute atomic E-state index is 12.2. The number of hydrogen-bond acceptors (Lipinski definition) is 5. The predicted octanol–water partition coefficient (Wildman–Crippen LogP) is 2.66. The molecule has 2 rings (SSSR count). The monoisotopic (exact) mass is 330 g/mol. The number of carbonyl (C=O) groups excluding carboxylic acids is 1. The molecule has 1 saturated heterocycles. The van der Waals surface area contributed by atoms with Gasteiger partial charge in [-0.1, -0.05) is 0 Å². The van der Waals surface area contributed by atoms with Gasteiger partial charge in [0.25, 0.3) is 0 Å². The van der Waals surface area contributed by atoms with Crippen LogP contribution in [0.2, 0.25) is 5.22 Å². The normalized spacial score (nSPS) is 19.3. The summed E-state index contributed by atoms with van der Waals surface area (Å²) in [6.07, 6.45) is -0.302. The Morgan fingerprint density at radius 2 is 2.27 bits per heavy atom. The first kappa shape index (κ1) is 17.1. The van der Waals surface area contributed by atoms with Crippen LogP contribution in [0.15, 0.2) is 16.5 Å². The van der Waals surface area contributed by atoms with Crippen LogP contribution in [0, 0.1) is 0 Å². The van der Waals surface area contributed by atoms with Crippen molar-refractivity contribution in [1.82, 2.24) is 10.2 Å². The van der Waals surface area contributed by atoms with Crippen LogP contribution in [0.4, 0.5) is 4.79 Å². The molecule has 2 heterocycles. The lowest BCUT2D eigenvalue weighted by atomic mass is 10.2. The van der Waals surface area contributed by atoms with Crippen molar-refractivity contribution in [2.75, 3.05) is 26.3 Å². The Hall–Kier alpha value is -1.24. The van der Waals surface area contributed by atoms with Gasteiger partial charge < -0.3 is 19.2 Å². The Morgan fingerprint density at radius 1 is 1.50 bits per heavy atom. The van der Waals surface area contributed by atoms with E-state index in [2.05, 4.69) is 5.32 Å². The smallest absolute Gasteiger partial charge is 0.410 e. The maximum Gasteiger partial charge on any atom is 0.410 e. The summed E-state index contributed by atoms with van der Waals surface area (Å²) in [6, 6.07) is 3.46. The van der Waals surface area contributed by atoms with Crippen LogP contribution in [-0.2, 0) is 16.0 Å². The van der Waals surface area contributed by atoms with Gasteiger partial charge in [-0.3, -0.25) is 4.90 Å². The second kappa shape index (κ2) is 7.35. The summed E-state index contributed by atoms with van der Waals surface area (Å²) in [5, 5.41) is 3.62. The van der Waals surface area contributed by atoms with Crippen molar-refractivity contribution >= 4 is 17.7 Å². The molecule has 0 aliphatic carbocycles. The van der Waals surface area contributed by atoms with Crippen LogP contribution in [-0.4, -0.2) is 48.9 Å². The Labute approximate surface area is 135 Å². The number of ether oxygens (including phenoxy) is 2. The molecule has 1 aromatic heterocycles. The fourth-order valence-electron chi connectivity index (χ4n) is 2.19. The van der Waals surface area contributed by atoms with Gasteiger partial charge in [-0.25, -0.2) is 4.79 Å². The largest absolute Gasteiger partial charge is 0.448 e. The molecule has 0 aromatic carbocycles. The lowest BCUT2D eigenvalue weighted by Crippen LogP contribution is -2.53. The maximum atomic E-state index is 12.2. The van der Waals surface area contributed by atoms with Crippen molar-refractivity contribution in [2.45, 2.75) is 39.0 Å². The van der Waals surface area contributed by atoms with E-state index in [0.717, 1.165) is 5.76 Å². The van der Waals surface area contributed by atoms with Crippen molar-refractivity contribution in [2.24, 2.45) is 0 Å². The lowest BCUT2D eigenvalue weighted by molar-refractivity contribution is -0.0318. The zero-order chi connectivity index (χ0) is 16.2. The topological polar surface area (TPSA) is 63.9 Å². The van der Waals surface area contributed by atoms with Gasteiger partial charge in [0.15, 0.2) is 5.22 Å². The Bertz CT molecular complexity index is 498. The molecular weight excluding hydrogens is 308 g/mol. The van der Waals surface area contributed by atoms with Gasteiger partial charge in [-0.05, 0) is 44.5 Å². The third-order valence-corrected chi connectivity index (χ3v) is 3.37. The molecule has 1 unspecified atom stereocenters. The third kappa shape index (κ3) is 5.19. The second-order valence-electron chi connectivity index (χ2n) is 6.24. The minimum absolute atomic E-state index is 0.0611. The summed E-state index contributed by atoms with van der Waals surface area (Å²) in [4.78, 5) is 14.0. The quantitative estimate of drug-likeness (QED) is 0.919. The van der Waals surface area contributed by atoms with Crippen molar-refractivity contribution in [3.8, 4) is 0 Å². The number of nitrogens with one attached hydrogen (secondary N) is 1. The number of furan rings is 1. The highest BCUT2D eigenvalue weighted by molar-refractivity contribution is 6.28. The van der Waals surface area contributed by atoms with Crippen molar-refractivity contribution in [1.29, 1.82) is 0 Å². The second-order valence-corrected chi connectivity index (χ2v) is 6.61. The van der Waals surface area contributed by atoms with Crippen LogP contribution in [0.25, 0.3) is 0 Å². The standard InChI is InChI=1S/C15H23ClN2O4/c1-15(2,3)22-14(19)18-6-7-20-10-11(18)8-17-9-12-4-5-13(16)21-12/h4-5,11,17H,6-10H2,1-3H3. The van der Waals surface area contributed by atoms with Gasteiger partial charge in [-0.15, -0.1) is 0 Å². The summed E-state index contributed by atoms with van der Waals surface area (Å²) in [5.41, 5.74) is -0.502. The minimum Gasteiger partial charge on any atom is -0.448 e. The zero-order valence-corrected chi connectivity index (χ0v) is 14.0. The highest BCUT2D eigenvalue weighted by atomic mass is 35.5. The molecule has 1 N–H and O–H groups in total. The molecule has 1 aliphatic heterocycles. The SMILES string of the molecule is CC(C)(C)OC(=O)N1CCOCC1CNCc1ccc(Cl)o1. The highest BCUT2D eigenvalue weighted by Crippen LogP contribution is 2.15. The first-order valence-electron chi connectivity index (χ1n) is 7.37. The molecule has 0 bridgehead atoms. The summed E-state index contributed by atoms with van der Waals surface area (Å²) < 4.78 is 16.2. The van der Waals surface area contributed by atoms with Crippen molar-refractivity contribution in [3.63, 3.8) is 0 Å². The van der Waals surface area contributed by atoms with Gasteiger partial charge in [0, 0.05) is 13.1 Å². The molecule has 7 heteroatoms. The number of halogens is 1. The number of rotatable bonds is 4. The Balaban J connectivity index is 1.85. The molecule has 0 saturated carbocycles. The minimum atomic E-state index is -0.502. The van der Waals surface area contributed by atoms with Crippen LogP contribution >= 0.6 is 11.6 Å². The van der Waals surface area contributed by atoms with E-state index >= 15 is 0 Å². The number of nitrogens with zero attached hydrogens (tertiary/aromatic N) is 1. The number of morpholine rings is 1. The molecule has 22 heavy (non-hydrogen) atoms. The van der Waals surface area contributed by atoms with E-state index in [4.69, 9.17) is 25.5 Å². The molecule has 1 aliphatic rings. The molecule has 6 nitrogen and oxygen atoms in total. The average molecular weight is 331 g/mol. The van der Waals surface area contributed by atoms with E-state index in [1.54, 1.807) is 11.0 Å². The molecule has 124 valence electrons. The molecule has 1 aromatic rings. The van der Waals surface area contributed by atoms with E-state index in [1.807, 2.05) is 26.8 Å². The van der Waals surface area contributed by atoms with Gasteiger partial charge in [0.05, 0.1) is 25.8 Å². The fourth-order valence-corrected chi connectivity index (χ4v) is 2.36. The fraction of sp³-hybridized carbons (Fsp3) is 0.667. The first-order chi connectivity index (χ1) is 10.3. The van der Waals surface area contributed by atoms with Crippen LogP contribution in [0.5, 0.6) is 0 Å². The van der Waals surface area contributed by atoms with Crippen LogP contribution in [0.3, 0.4) is 0 Å². The summed E-state index contributed by atoms with van der Waals surface area (Å²) in [7, 11) is 0. The van der Waals surface area contributed by atoms with E-state index in [1.165, 1.54) is 0 Å². The number of carbonyl (C=O) groups is 1. The summed E-state index contributed by atoms with van der Waals surface area (Å²) in [5.74, 6) is 0.755. The van der Waals surface area contributed by atoms with E-state index in [0.29, 0.717) is 38.1 Å². The third-order valence-electron chi connectivity index (χ3n) is 3.16. The van der Waals surface area contributed by atoms with Gasteiger partial charge in [0.2, 0.25) is 0 Å². The predicted molar refractivity (Wildman–Crippen MR) is 83.0 cm³/mol. The van der Waals surface area contributed by atoms with Gasteiger partial charge in [0.1, 0.15) is 11.4 Å². The first-order valence-corrected chi connectivity index (χ1v) is 7.75. The van der Waals surface area contributed by atoms with Gasteiger partial charge in [-0.2, -0.15) is 0 Å². The molecule has 1 fully saturated rings. The van der Waals surface area contributed by atoms with Gasteiger partial charge >= 0.3 is 6.09 Å². The van der Waals surface area contributed by atoms with Crippen molar-refractivity contribution < 1.29 is 18.7 Å². The van der Waals surface area contributed by atoms with E-state index in [-0.39, 0.29) is 12.1 Å². The zero-order valence-electron chi connectivity index (χ0n) is 13.2. The Kier molecular flexibility index (Phi) is 5.72. The van der Waals surface area contributed by atoms with E-state index < -0.39 is 5.60 Å². The highest BCUT2D eigenvalue weighted by Gasteiger charge is 2.30. The summed E-state index contributed by atoms with van der Waals surface area (Å²) in [6.45, 7) is 8.28. The number of hydrogen-bond donors (Lipinski definition) is 1. The molecule has 0 radical (unpaired) electrons. The molecular formula is C15H23ClN2O4. The van der Waals surface area contributed by atoms with Crippen LogP contribution in [0.1, 0.15) is 26.5 Å². The summed E-state index contributed by atoms with van der Waals surface area (Å²) >= 11 is 5.73. The molecule has 1 atom stereocenters. The Morgan fingerprint density at radius 3 is 2.91 bits per heavy atom. The van der Waals surface area contributed by atoms with E-state index in [9.17, 15) is 4.79 Å². The molecule has 1 amide bonds. The van der Waals surface area contributed by atoms with Crippen LogP contribution < -0.4 is 5.32 Å².